The molecular formula is C23H30O9. The van der Waals surface area contributed by atoms with Gasteiger partial charge in [-0.3, -0.25) is 0 Å². The van der Waals surface area contributed by atoms with Crippen LogP contribution in [0.4, 0.5) is 0 Å². The number of ether oxygens (including phenoxy) is 6. The van der Waals surface area contributed by atoms with E-state index in [2.05, 4.69) is 0 Å². The summed E-state index contributed by atoms with van der Waals surface area (Å²) in [6.45, 7) is -0.433. The van der Waals surface area contributed by atoms with Gasteiger partial charge in [0, 0.05) is 25.0 Å². The standard InChI is InChI=1S/C23H30O9/c1-27-16-6-12(7-17(28-2)20(16)26)21-14(10-24)15(11-25)22(32-21)13-8-18(29-3)23(31-5)19(9-13)30-4/h6-9,14-15,21-22,24-26H,10-11H2,1-5H3. The lowest BCUT2D eigenvalue weighted by molar-refractivity contribution is 0.0180. The van der Waals surface area contributed by atoms with E-state index in [4.69, 9.17) is 28.4 Å². The van der Waals surface area contributed by atoms with E-state index in [1.54, 1.807) is 24.3 Å². The Balaban J connectivity index is 2.08. The highest BCUT2D eigenvalue weighted by atomic mass is 16.5. The number of hydrogen-bond acceptors (Lipinski definition) is 9. The van der Waals surface area contributed by atoms with E-state index in [1.807, 2.05) is 0 Å². The zero-order valence-corrected chi connectivity index (χ0v) is 18.8. The Morgan fingerprint density at radius 3 is 1.34 bits per heavy atom. The van der Waals surface area contributed by atoms with Crippen molar-refractivity contribution in [3.05, 3.63) is 35.4 Å². The van der Waals surface area contributed by atoms with Gasteiger partial charge in [-0.25, -0.2) is 0 Å². The second-order valence-electron chi connectivity index (χ2n) is 7.40. The van der Waals surface area contributed by atoms with Gasteiger partial charge in [0.15, 0.2) is 23.0 Å². The monoisotopic (exact) mass is 450 g/mol. The molecule has 9 heteroatoms. The van der Waals surface area contributed by atoms with Gasteiger partial charge in [0.1, 0.15) is 0 Å². The number of methoxy groups -OCH3 is 5. The molecule has 1 fully saturated rings. The average molecular weight is 450 g/mol. The van der Waals surface area contributed by atoms with Gasteiger partial charge in [-0.2, -0.15) is 0 Å². The second kappa shape index (κ2) is 10.2. The van der Waals surface area contributed by atoms with Gasteiger partial charge in [-0.1, -0.05) is 0 Å². The third-order valence-corrected chi connectivity index (χ3v) is 5.89. The molecule has 0 radical (unpaired) electrons. The van der Waals surface area contributed by atoms with Crippen LogP contribution in [0.2, 0.25) is 0 Å². The molecule has 3 N–H and O–H groups in total. The molecule has 0 aromatic heterocycles. The highest BCUT2D eigenvalue weighted by molar-refractivity contribution is 5.55. The van der Waals surface area contributed by atoms with Crippen molar-refractivity contribution in [2.75, 3.05) is 48.8 Å². The highest BCUT2D eigenvalue weighted by Crippen LogP contribution is 2.53. The summed E-state index contributed by atoms with van der Waals surface area (Å²) in [4.78, 5) is 0. The van der Waals surface area contributed by atoms with Crippen LogP contribution in [-0.2, 0) is 4.74 Å². The van der Waals surface area contributed by atoms with Crippen LogP contribution in [0.25, 0.3) is 0 Å². The topological polar surface area (TPSA) is 116 Å². The number of phenols is 1. The van der Waals surface area contributed by atoms with Crippen molar-refractivity contribution < 1.29 is 43.7 Å². The molecule has 0 bridgehead atoms. The van der Waals surface area contributed by atoms with Crippen LogP contribution in [0.3, 0.4) is 0 Å². The number of aliphatic hydroxyl groups excluding tert-OH is 2. The fourth-order valence-corrected chi connectivity index (χ4v) is 4.27. The Morgan fingerprint density at radius 2 is 1.03 bits per heavy atom. The first-order valence-corrected chi connectivity index (χ1v) is 10.1. The Morgan fingerprint density at radius 1 is 0.656 bits per heavy atom. The van der Waals surface area contributed by atoms with E-state index >= 15 is 0 Å². The summed E-state index contributed by atoms with van der Waals surface area (Å²) in [7, 11) is 7.44. The smallest absolute Gasteiger partial charge is 0.203 e. The number of phenolic OH excluding ortho intramolecular Hbond substituents is 1. The first-order valence-electron chi connectivity index (χ1n) is 10.1. The lowest BCUT2D eigenvalue weighted by Crippen LogP contribution is -2.23. The molecule has 4 unspecified atom stereocenters. The van der Waals surface area contributed by atoms with E-state index in [1.165, 1.54) is 35.5 Å². The minimum absolute atomic E-state index is 0.128. The maximum absolute atomic E-state index is 10.3. The first kappa shape index (κ1) is 23.8. The van der Waals surface area contributed by atoms with Crippen molar-refractivity contribution in [3.63, 3.8) is 0 Å². The van der Waals surface area contributed by atoms with Gasteiger partial charge < -0.3 is 43.7 Å². The van der Waals surface area contributed by atoms with Crippen LogP contribution in [0, 0.1) is 11.8 Å². The van der Waals surface area contributed by atoms with Crippen molar-refractivity contribution >= 4 is 0 Å². The summed E-state index contributed by atoms with van der Waals surface area (Å²) in [5.74, 6) is 0.824. The first-order chi connectivity index (χ1) is 15.5. The predicted molar refractivity (Wildman–Crippen MR) is 115 cm³/mol. The summed E-state index contributed by atoms with van der Waals surface area (Å²) in [5, 5.41) is 30.6. The summed E-state index contributed by atoms with van der Waals surface area (Å²) >= 11 is 0. The van der Waals surface area contributed by atoms with Crippen molar-refractivity contribution in [1.29, 1.82) is 0 Å². The van der Waals surface area contributed by atoms with E-state index < -0.39 is 24.0 Å². The average Bonchev–Trinajstić information content (AvgIpc) is 3.21. The number of aliphatic hydroxyl groups is 2. The third kappa shape index (κ3) is 4.11. The lowest BCUT2D eigenvalue weighted by Gasteiger charge is -2.22. The van der Waals surface area contributed by atoms with E-state index in [-0.39, 0.29) is 30.5 Å². The molecule has 9 nitrogen and oxygen atoms in total. The van der Waals surface area contributed by atoms with E-state index in [0.29, 0.717) is 28.4 Å². The molecule has 4 atom stereocenters. The molecule has 0 amide bonds. The molecule has 1 aliphatic heterocycles. The summed E-state index contributed by atoms with van der Waals surface area (Å²) in [6, 6.07) is 6.81. The summed E-state index contributed by atoms with van der Waals surface area (Å²) in [6.07, 6.45) is -1.16. The largest absolute Gasteiger partial charge is 0.502 e. The molecule has 0 spiro atoms. The van der Waals surface area contributed by atoms with Gasteiger partial charge in [0.2, 0.25) is 11.5 Å². The lowest BCUT2D eigenvalue weighted by atomic mass is 9.83. The molecule has 3 rings (SSSR count). The van der Waals surface area contributed by atoms with Gasteiger partial charge in [0.25, 0.3) is 0 Å². The number of rotatable bonds is 9. The SMILES string of the molecule is COc1cc(C2OC(c3cc(OC)c(OC)c(OC)c3)C(CO)C2CO)cc(OC)c1O. The number of aromatic hydroxyl groups is 1. The van der Waals surface area contributed by atoms with Crippen LogP contribution in [0.1, 0.15) is 23.3 Å². The Kier molecular flexibility index (Phi) is 7.55. The quantitative estimate of drug-likeness (QED) is 0.530. The molecule has 2 aromatic carbocycles. The van der Waals surface area contributed by atoms with Crippen LogP contribution < -0.4 is 23.7 Å². The molecule has 1 aliphatic rings. The van der Waals surface area contributed by atoms with Gasteiger partial charge in [-0.15, -0.1) is 0 Å². The molecule has 0 aliphatic carbocycles. The fraction of sp³-hybridized carbons (Fsp3) is 0.478. The van der Waals surface area contributed by atoms with Crippen molar-refractivity contribution in [3.8, 4) is 34.5 Å². The van der Waals surface area contributed by atoms with Crippen molar-refractivity contribution in [1.82, 2.24) is 0 Å². The molecule has 2 aromatic rings. The zero-order valence-electron chi connectivity index (χ0n) is 18.8. The van der Waals surface area contributed by atoms with Crippen LogP contribution in [0.5, 0.6) is 34.5 Å². The maximum atomic E-state index is 10.3. The van der Waals surface area contributed by atoms with Crippen LogP contribution in [-0.4, -0.2) is 64.1 Å². The summed E-state index contributed by atoms with van der Waals surface area (Å²) in [5.41, 5.74) is 1.35. The van der Waals surface area contributed by atoms with Crippen molar-refractivity contribution in [2.24, 2.45) is 11.8 Å². The number of hydrogen-bond donors (Lipinski definition) is 3. The molecule has 176 valence electrons. The summed E-state index contributed by atoms with van der Waals surface area (Å²) < 4.78 is 33.2. The van der Waals surface area contributed by atoms with Crippen LogP contribution in [0.15, 0.2) is 24.3 Å². The van der Waals surface area contributed by atoms with E-state index in [9.17, 15) is 15.3 Å². The Labute approximate surface area is 187 Å². The second-order valence-corrected chi connectivity index (χ2v) is 7.40. The molecule has 1 heterocycles. The van der Waals surface area contributed by atoms with Gasteiger partial charge in [-0.05, 0) is 35.4 Å². The predicted octanol–water partition coefficient (Wildman–Crippen LogP) is 2.46. The Hall–Kier alpha value is -2.88. The number of benzene rings is 2. The fourth-order valence-electron chi connectivity index (χ4n) is 4.27. The third-order valence-electron chi connectivity index (χ3n) is 5.89. The minimum Gasteiger partial charge on any atom is -0.502 e. The normalized spacial score (nSPS) is 22.5. The molecular weight excluding hydrogens is 420 g/mol. The zero-order chi connectivity index (χ0) is 23.4. The van der Waals surface area contributed by atoms with Crippen LogP contribution >= 0.6 is 0 Å². The Bertz CT molecular complexity index is 880. The molecule has 1 saturated heterocycles. The highest BCUT2D eigenvalue weighted by Gasteiger charge is 2.46. The van der Waals surface area contributed by atoms with E-state index in [0.717, 1.165) is 0 Å². The molecule has 0 saturated carbocycles. The van der Waals surface area contributed by atoms with Gasteiger partial charge in [0.05, 0.1) is 47.8 Å². The minimum atomic E-state index is -0.593. The maximum Gasteiger partial charge on any atom is 0.203 e. The van der Waals surface area contributed by atoms with Crippen molar-refractivity contribution in [2.45, 2.75) is 12.2 Å². The van der Waals surface area contributed by atoms with Gasteiger partial charge >= 0.3 is 0 Å². The molecule has 32 heavy (non-hydrogen) atoms.